The van der Waals surface area contributed by atoms with Crippen molar-refractivity contribution < 1.29 is 23.1 Å². The maximum Gasteiger partial charge on any atom is 0.341 e. The lowest BCUT2D eigenvalue weighted by molar-refractivity contribution is 0.0695. The highest BCUT2D eigenvalue weighted by Gasteiger charge is 2.54. The second-order valence-electron chi connectivity index (χ2n) is 11.9. The maximum atomic E-state index is 15.8. The minimum absolute atomic E-state index is 0.0541. The Kier molecular flexibility index (Phi) is 6.36. The normalized spacial score (nSPS) is 20.6. The zero-order valence-electron chi connectivity index (χ0n) is 24.3. The predicted molar refractivity (Wildman–Crippen MR) is 161 cm³/mol. The lowest BCUT2D eigenvalue weighted by Gasteiger charge is -2.33. The van der Waals surface area contributed by atoms with Crippen LogP contribution in [0.5, 0.6) is 0 Å². The molecule has 3 N–H and O–H groups in total. The minimum atomic E-state index is -1.38. The van der Waals surface area contributed by atoms with Gasteiger partial charge in [0.05, 0.1) is 29.5 Å². The number of pyridine rings is 3. The first kappa shape index (κ1) is 28.1. The van der Waals surface area contributed by atoms with Gasteiger partial charge in [-0.2, -0.15) is 0 Å². The number of likely N-dealkylation sites (N-methyl/N-ethyl adjacent to an activating group) is 1. The van der Waals surface area contributed by atoms with E-state index in [1.807, 2.05) is 7.05 Å². The first-order valence-electron chi connectivity index (χ1n) is 14.3. The van der Waals surface area contributed by atoms with Crippen LogP contribution in [-0.4, -0.2) is 84.1 Å². The van der Waals surface area contributed by atoms with E-state index in [9.17, 15) is 19.1 Å². The van der Waals surface area contributed by atoms with Crippen molar-refractivity contribution in [1.82, 2.24) is 19.5 Å². The third-order valence-corrected chi connectivity index (χ3v) is 9.50. The van der Waals surface area contributed by atoms with Crippen LogP contribution in [0.3, 0.4) is 0 Å². The van der Waals surface area contributed by atoms with Crippen molar-refractivity contribution in [3.05, 3.63) is 69.4 Å². The number of fused-ring (bicyclic) bond motifs is 5. The van der Waals surface area contributed by atoms with Gasteiger partial charge in [-0.15, -0.1) is 0 Å². The van der Waals surface area contributed by atoms with Gasteiger partial charge >= 0.3 is 5.97 Å². The van der Waals surface area contributed by atoms with Crippen LogP contribution in [0.2, 0.25) is 0 Å². The number of carbonyl (C=O) groups is 1. The molecule has 0 amide bonds. The van der Waals surface area contributed by atoms with Gasteiger partial charge in [-0.3, -0.25) is 14.2 Å². The van der Waals surface area contributed by atoms with E-state index in [1.165, 1.54) is 10.9 Å². The number of carboxylic acids is 1. The van der Waals surface area contributed by atoms with Crippen molar-refractivity contribution in [3.8, 4) is 22.3 Å². The summed E-state index contributed by atoms with van der Waals surface area (Å²) in [5.74, 6) is -3.37. The third-order valence-electron chi connectivity index (χ3n) is 9.50. The lowest BCUT2D eigenvalue weighted by atomic mass is 9.84. The summed E-state index contributed by atoms with van der Waals surface area (Å²) in [6, 6.07) is 2.44. The fourth-order valence-electron chi connectivity index (χ4n) is 7.46. The van der Waals surface area contributed by atoms with E-state index in [2.05, 4.69) is 25.5 Å². The number of nitrogens with zero attached hydrogens (tertiary/aromatic N) is 5. The average Bonchev–Trinajstić information content (AvgIpc) is 3.67. The Labute approximate surface area is 250 Å². The van der Waals surface area contributed by atoms with Gasteiger partial charge in [-0.1, -0.05) is 0 Å². The highest BCUT2D eigenvalue weighted by molar-refractivity contribution is 5.99. The number of hydrogen-bond acceptors (Lipinski definition) is 8. The molecule has 3 aromatic heterocycles. The molecule has 4 aromatic rings. The monoisotopic (exact) mass is 605 g/mol. The number of rotatable bonds is 6. The number of alkyl halides is 1. The number of anilines is 2. The lowest BCUT2D eigenvalue weighted by Crippen LogP contribution is -2.40. The van der Waals surface area contributed by atoms with Crippen molar-refractivity contribution in [2.24, 2.45) is 5.41 Å². The molecular formula is C31H30F3N7O3. The number of carboxylic acid groups (broad SMARTS) is 1. The summed E-state index contributed by atoms with van der Waals surface area (Å²) in [7, 11) is 5.15. The van der Waals surface area contributed by atoms with Gasteiger partial charge < -0.3 is 25.6 Å². The molecule has 2 saturated heterocycles. The van der Waals surface area contributed by atoms with Crippen LogP contribution in [0.1, 0.15) is 28.0 Å². The van der Waals surface area contributed by atoms with Crippen LogP contribution < -0.4 is 21.1 Å². The maximum absolute atomic E-state index is 15.8. The molecule has 2 atom stereocenters. The largest absolute Gasteiger partial charge is 0.477 e. The van der Waals surface area contributed by atoms with Crippen LogP contribution >= 0.6 is 0 Å². The molecule has 0 saturated carbocycles. The molecule has 2 fully saturated rings. The molecule has 3 aliphatic rings. The SMILES string of the molecule is CNc1cc(F)c(F)c2c1Cc1ncc(-c3cnc4c(c3)c(=O)c(C(=O)O)cn4NC)c(N3CCC4(CF)CN(C)CC34)c1-2. The van der Waals surface area contributed by atoms with E-state index >= 15 is 8.78 Å². The van der Waals surface area contributed by atoms with E-state index < -0.39 is 40.7 Å². The number of aromatic nitrogens is 3. The highest BCUT2D eigenvalue weighted by Crippen LogP contribution is 2.54. The Hall–Kier alpha value is -4.65. The van der Waals surface area contributed by atoms with Gasteiger partial charge in [0.2, 0.25) is 5.43 Å². The number of aromatic carboxylic acids is 1. The zero-order chi connectivity index (χ0) is 31.1. The van der Waals surface area contributed by atoms with E-state index in [0.29, 0.717) is 65.4 Å². The van der Waals surface area contributed by atoms with Crippen molar-refractivity contribution in [2.75, 3.05) is 63.1 Å². The topological polar surface area (TPSA) is 116 Å². The summed E-state index contributed by atoms with van der Waals surface area (Å²) in [5, 5.41) is 12.7. The molecule has 44 heavy (non-hydrogen) atoms. The van der Waals surface area contributed by atoms with Crippen molar-refractivity contribution >= 4 is 28.4 Å². The van der Waals surface area contributed by atoms with Crippen molar-refractivity contribution in [1.29, 1.82) is 0 Å². The summed E-state index contributed by atoms with van der Waals surface area (Å²) >= 11 is 0. The Morgan fingerprint density at radius 1 is 1.18 bits per heavy atom. The van der Waals surface area contributed by atoms with Gasteiger partial charge in [0.1, 0.15) is 5.56 Å². The predicted octanol–water partition coefficient (Wildman–Crippen LogP) is 3.70. The molecule has 1 aliphatic carbocycles. The standard InChI is InChI=1S/C31H30F3N7O3/c1-35-21-8-20(33)26(34)24-16(21)7-22-25(24)27(40-5-4-31(13-32)14-39(3)12-23(31)40)18(10-37-22)15-6-17-28(42)19(30(43)44)11-41(36-2)29(17)38-9-15/h6,8-11,23,35-36H,4-5,7,12-14H2,1-3H3,(H,43,44). The van der Waals surface area contributed by atoms with E-state index in [1.54, 1.807) is 32.6 Å². The molecule has 0 spiro atoms. The molecule has 2 unspecified atom stereocenters. The Morgan fingerprint density at radius 2 is 1.98 bits per heavy atom. The summed E-state index contributed by atoms with van der Waals surface area (Å²) in [6.07, 6.45) is 5.18. The molecule has 1 aromatic carbocycles. The Balaban J connectivity index is 1.53. The quantitative estimate of drug-likeness (QED) is 0.267. The number of nitrogens with one attached hydrogen (secondary N) is 2. The van der Waals surface area contributed by atoms with Crippen LogP contribution in [0.25, 0.3) is 33.3 Å². The van der Waals surface area contributed by atoms with Gasteiger partial charge in [0.15, 0.2) is 17.3 Å². The second-order valence-corrected chi connectivity index (χ2v) is 11.9. The number of likely N-dealkylation sites (tertiary alicyclic amines) is 1. The molecule has 2 aliphatic heterocycles. The smallest absolute Gasteiger partial charge is 0.341 e. The van der Waals surface area contributed by atoms with Crippen LogP contribution in [0, 0.1) is 17.0 Å². The Morgan fingerprint density at radius 3 is 2.68 bits per heavy atom. The highest BCUT2D eigenvalue weighted by atomic mass is 19.2. The fourth-order valence-corrected chi connectivity index (χ4v) is 7.46. The van der Waals surface area contributed by atoms with Gasteiger partial charge in [-0.05, 0) is 25.1 Å². The first-order valence-corrected chi connectivity index (χ1v) is 14.3. The van der Waals surface area contributed by atoms with Crippen molar-refractivity contribution in [3.63, 3.8) is 0 Å². The summed E-state index contributed by atoms with van der Waals surface area (Å²) in [5.41, 5.74) is 4.90. The van der Waals surface area contributed by atoms with Crippen molar-refractivity contribution in [2.45, 2.75) is 18.9 Å². The van der Waals surface area contributed by atoms with Gasteiger partial charge in [0.25, 0.3) is 0 Å². The molecule has 0 radical (unpaired) electrons. The van der Waals surface area contributed by atoms with E-state index in [4.69, 9.17) is 4.98 Å². The summed E-state index contributed by atoms with van der Waals surface area (Å²) < 4.78 is 46.9. The zero-order valence-corrected chi connectivity index (χ0v) is 24.3. The molecular weight excluding hydrogens is 575 g/mol. The van der Waals surface area contributed by atoms with Crippen LogP contribution in [0.4, 0.5) is 24.5 Å². The van der Waals surface area contributed by atoms with Crippen LogP contribution in [-0.2, 0) is 6.42 Å². The molecule has 10 nitrogen and oxygen atoms in total. The molecule has 7 rings (SSSR count). The fraction of sp³-hybridized carbons (Fsp3) is 0.355. The Bertz CT molecular complexity index is 1950. The first-order chi connectivity index (χ1) is 21.1. The molecule has 228 valence electrons. The van der Waals surface area contributed by atoms with Gasteiger partial charge in [0, 0.05) is 98.2 Å². The summed E-state index contributed by atoms with van der Waals surface area (Å²) in [6.45, 7) is 1.10. The third kappa shape index (κ3) is 3.84. The number of hydrogen-bond donors (Lipinski definition) is 3. The number of halogens is 3. The average molecular weight is 606 g/mol. The van der Waals surface area contributed by atoms with Gasteiger partial charge in [-0.25, -0.2) is 23.2 Å². The number of benzene rings is 1. The molecule has 5 heterocycles. The van der Waals surface area contributed by atoms with E-state index in [-0.39, 0.29) is 29.1 Å². The molecule has 13 heteroatoms. The summed E-state index contributed by atoms with van der Waals surface area (Å²) in [4.78, 5) is 38.6. The van der Waals surface area contributed by atoms with Crippen LogP contribution in [0.15, 0.2) is 35.5 Å². The van der Waals surface area contributed by atoms with E-state index in [0.717, 1.165) is 6.07 Å². The molecule has 0 bridgehead atoms. The minimum Gasteiger partial charge on any atom is -0.477 e. The second kappa shape index (κ2) is 9.94.